The quantitative estimate of drug-likeness (QED) is 0.164. The monoisotopic (exact) mass is 774 g/mol. The average Bonchev–Trinajstić information content (AvgIpc) is 3.99. The maximum atomic E-state index is 6.78. The van der Waals surface area contributed by atoms with Crippen LogP contribution in [0.1, 0.15) is 0 Å². The first-order chi connectivity index (χ1) is 30.3. The molecule has 61 heavy (non-hydrogen) atoms. The van der Waals surface area contributed by atoms with E-state index in [0.717, 1.165) is 49.7 Å². The summed E-state index contributed by atoms with van der Waals surface area (Å²) in [7, 11) is 0. The lowest BCUT2D eigenvalue weighted by molar-refractivity contribution is 0.673. The van der Waals surface area contributed by atoms with Crippen LogP contribution in [0.15, 0.2) is 211 Å². The molecule has 14 rings (SSSR count). The van der Waals surface area contributed by atoms with Gasteiger partial charge in [0.05, 0.1) is 33.1 Å². The summed E-state index contributed by atoms with van der Waals surface area (Å²) in [4.78, 5) is 0. The predicted molar refractivity (Wildman–Crippen MR) is 258 cm³/mol. The number of rotatable bonds is 3. The van der Waals surface area contributed by atoms with Crippen LogP contribution in [0.3, 0.4) is 0 Å². The summed E-state index contributed by atoms with van der Waals surface area (Å²) in [6.07, 6.45) is 0. The fraction of sp³-hybridized carbons (Fsp3) is 0. The molecule has 14 aromatic rings. The zero-order valence-electron chi connectivity index (χ0n) is 32.9. The molecule has 282 valence electrons. The third kappa shape index (κ3) is 4.47. The highest BCUT2D eigenvalue weighted by Gasteiger charge is 2.24. The van der Waals surface area contributed by atoms with Crippen LogP contribution in [-0.4, -0.2) is 9.13 Å². The van der Waals surface area contributed by atoms with Crippen LogP contribution in [0.5, 0.6) is 0 Å². The average molecular weight is 775 g/mol. The summed E-state index contributed by atoms with van der Waals surface area (Å²) in [5, 5.41) is 17.2. The van der Waals surface area contributed by atoms with Crippen molar-refractivity contribution in [2.45, 2.75) is 0 Å². The maximum absolute atomic E-state index is 6.78. The Labute approximate surface area is 349 Å². The number of fused-ring (bicyclic) bond motifs is 18. The summed E-state index contributed by atoms with van der Waals surface area (Å²) < 4.78 is 11.7. The van der Waals surface area contributed by atoms with Crippen LogP contribution in [0.25, 0.3) is 131 Å². The van der Waals surface area contributed by atoms with E-state index in [-0.39, 0.29) is 0 Å². The molecule has 0 atom stereocenters. The Hall–Kier alpha value is -8.14. The summed E-state index contributed by atoms with van der Waals surface area (Å²) in [5.41, 5.74) is 11.1. The largest absolute Gasteiger partial charge is 0.455 e. The lowest BCUT2D eigenvalue weighted by Gasteiger charge is -2.13. The standard InChI is InChI=1S/C58H34N2O/c1-2-14-39-36(12-1)13-11-22-50(39)60-53-32-30-46-45-19-8-10-23-54(45)61-58(46)56(53)48-31-33-52-55(57(48)60)47-20-7-9-21-51(47)59(52)38-27-24-35(25-28-38)37-26-29-44-42-17-4-3-15-40(42)41-16-5-6-18-43(41)49(44)34-37/h1-34H. The molecule has 0 bridgehead atoms. The molecule has 3 aromatic heterocycles. The molecular formula is C58H34N2O. The molecular weight excluding hydrogens is 741 g/mol. The van der Waals surface area contributed by atoms with Crippen molar-refractivity contribution in [1.82, 2.24) is 9.13 Å². The Kier molecular flexibility index (Phi) is 6.56. The van der Waals surface area contributed by atoms with Gasteiger partial charge in [-0.2, -0.15) is 0 Å². The Morgan fingerprint density at radius 2 is 0.869 bits per heavy atom. The molecule has 3 heterocycles. The minimum Gasteiger partial charge on any atom is -0.455 e. The predicted octanol–water partition coefficient (Wildman–Crippen LogP) is 16.1. The number of hydrogen-bond donors (Lipinski definition) is 0. The number of para-hydroxylation sites is 2. The topological polar surface area (TPSA) is 23.0 Å². The molecule has 3 nitrogen and oxygen atoms in total. The highest BCUT2D eigenvalue weighted by atomic mass is 16.3. The molecule has 3 heteroatoms. The lowest BCUT2D eigenvalue weighted by Crippen LogP contribution is -1.96. The van der Waals surface area contributed by atoms with E-state index in [1.54, 1.807) is 0 Å². The van der Waals surface area contributed by atoms with Crippen molar-refractivity contribution >= 4 is 109 Å². The summed E-state index contributed by atoms with van der Waals surface area (Å²) in [5.74, 6) is 0. The minimum atomic E-state index is 0.905. The molecule has 0 fully saturated rings. The summed E-state index contributed by atoms with van der Waals surface area (Å²) in [6.45, 7) is 0. The third-order valence-corrected chi connectivity index (χ3v) is 13.3. The molecule has 0 saturated carbocycles. The van der Waals surface area contributed by atoms with Crippen molar-refractivity contribution in [1.29, 1.82) is 0 Å². The highest BCUT2D eigenvalue weighted by molar-refractivity contribution is 6.31. The van der Waals surface area contributed by atoms with Crippen LogP contribution in [0.2, 0.25) is 0 Å². The van der Waals surface area contributed by atoms with E-state index >= 15 is 0 Å². The van der Waals surface area contributed by atoms with Gasteiger partial charge in [0.1, 0.15) is 11.2 Å². The van der Waals surface area contributed by atoms with Gasteiger partial charge in [0.15, 0.2) is 0 Å². The van der Waals surface area contributed by atoms with Crippen molar-refractivity contribution in [3.63, 3.8) is 0 Å². The molecule has 0 amide bonds. The van der Waals surface area contributed by atoms with Crippen molar-refractivity contribution in [3.8, 4) is 22.5 Å². The molecule has 0 saturated heterocycles. The van der Waals surface area contributed by atoms with Crippen LogP contribution >= 0.6 is 0 Å². The van der Waals surface area contributed by atoms with Gasteiger partial charge >= 0.3 is 0 Å². The fourth-order valence-electron chi connectivity index (χ4n) is 10.6. The van der Waals surface area contributed by atoms with Crippen LogP contribution in [0, 0.1) is 0 Å². The first-order valence-corrected chi connectivity index (χ1v) is 21.0. The summed E-state index contributed by atoms with van der Waals surface area (Å²) >= 11 is 0. The maximum Gasteiger partial charge on any atom is 0.145 e. The normalized spacial score (nSPS) is 12.3. The van der Waals surface area contributed by atoms with Gasteiger partial charge in [-0.3, -0.25) is 0 Å². The number of benzene rings is 11. The van der Waals surface area contributed by atoms with E-state index in [1.165, 1.54) is 81.4 Å². The van der Waals surface area contributed by atoms with Gasteiger partial charge in [0.25, 0.3) is 0 Å². The zero-order chi connectivity index (χ0) is 39.8. The van der Waals surface area contributed by atoms with Crippen molar-refractivity contribution in [2.75, 3.05) is 0 Å². The lowest BCUT2D eigenvalue weighted by atomic mass is 9.92. The number of nitrogens with zero attached hydrogens (tertiary/aromatic N) is 2. The van der Waals surface area contributed by atoms with Crippen molar-refractivity contribution < 1.29 is 4.42 Å². The molecule has 0 radical (unpaired) electrons. The van der Waals surface area contributed by atoms with Crippen molar-refractivity contribution in [3.05, 3.63) is 206 Å². The molecule has 0 spiro atoms. The molecule has 0 N–H and O–H groups in total. The second kappa shape index (κ2) is 12.2. The van der Waals surface area contributed by atoms with E-state index in [0.29, 0.717) is 0 Å². The van der Waals surface area contributed by atoms with Crippen LogP contribution < -0.4 is 0 Å². The van der Waals surface area contributed by atoms with Crippen LogP contribution in [0.4, 0.5) is 0 Å². The second-order valence-corrected chi connectivity index (χ2v) is 16.4. The van der Waals surface area contributed by atoms with Gasteiger partial charge in [-0.1, -0.05) is 146 Å². The third-order valence-electron chi connectivity index (χ3n) is 13.3. The summed E-state index contributed by atoms with van der Waals surface area (Å²) in [6, 6.07) is 75.5. The van der Waals surface area contributed by atoms with Gasteiger partial charge in [-0.15, -0.1) is 0 Å². The number of hydrogen-bond acceptors (Lipinski definition) is 1. The van der Waals surface area contributed by atoms with Gasteiger partial charge in [0, 0.05) is 38.0 Å². The number of aromatic nitrogens is 2. The first kappa shape index (κ1) is 32.8. The van der Waals surface area contributed by atoms with E-state index in [9.17, 15) is 0 Å². The SMILES string of the molecule is c1ccc2c(-n3c4ccc5c6ccccc6oc5c4c4ccc5c(c6ccccc6n5-c5ccc(-c6ccc7c8ccccc8c8ccccc8c7c6)cc5)c43)cccc2c1. The van der Waals surface area contributed by atoms with Gasteiger partial charge in [-0.25, -0.2) is 0 Å². The fourth-order valence-corrected chi connectivity index (χ4v) is 10.6. The Bertz CT molecular complexity index is 4120. The first-order valence-electron chi connectivity index (χ1n) is 21.0. The Balaban J connectivity index is 1.03. The highest BCUT2D eigenvalue weighted by Crippen LogP contribution is 2.46. The molecule has 0 aliphatic rings. The van der Waals surface area contributed by atoms with E-state index in [1.807, 2.05) is 0 Å². The molecule has 0 aliphatic carbocycles. The Morgan fingerprint density at radius 3 is 1.64 bits per heavy atom. The zero-order valence-corrected chi connectivity index (χ0v) is 32.9. The van der Waals surface area contributed by atoms with E-state index < -0.39 is 0 Å². The van der Waals surface area contributed by atoms with Crippen molar-refractivity contribution in [2.24, 2.45) is 0 Å². The van der Waals surface area contributed by atoms with E-state index in [2.05, 4.69) is 215 Å². The molecule has 11 aromatic carbocycles. The van der Waals surface area contributed by atoms with Gasteiger partial charge in [0.2, 0.25) is 0 Å². The van der Waals surface area contributed by atoms with Crippen LogP contribution in [-0.2, 0) is 0 Å². The smallest absolute Gasteiger partial charge is 0.145 e. The molecule has 0 unspecified atom stereocenters. The second-order valence-electron chi connectivity index (χ2n) is 16.4. The van der Waals surface area contributed by atoms with Gasteiger partial charge < -0.3 is 13.6 Å². The Morgan fingerprint density at radius 1 is 0.311 bits per heavy atom. The minimum absolute atomic E-state index is 0.905. The van der Waals surface area contributed by atoms with E-state index in [4.69, 9.17) is 4.42 Å². The molecule has 0 aliphatic heterocycles. The number of furan rings is 1. The van der Waals surface area contributed by atoms with Gasteiger partial charge in [-0.05, 0) is 109 Å².